The number of carbonyl (C=O) groups excluding carboxylic acids is 2. The van der Waals surface area contributed by atoms with E-state index in [0.29, 0.717) is 31.4 Å². The summed E-state index contributed by atoms with van der Waals surface area (Å²) in [6.07, 6.45) is 6.16. The standard InChI is InChI=1S/C22H29N7O2/c23-19(24)16-4-1-3-14(9-16)11-22(7-2-8-29-22)21(31)28-13-18(30)27-12-15-5-6-17(10-15)20(25)26/h1,3-6,9,29H,2,7-8,10-13H2,(H3,23,24)(H3,25,26)(H,27,30)(H,28,31)/t22-/m1/s1. The third-order valence-electron chi connectivity index (χ3n) is 5.63. The number of hydrogen-bond acceptors (Lipinski definition) is 5. The summed E-state index contributed by atoms with van der Waals surface area (Å²) in [4.78, 5) is 25.2. The van der Waals surface area contributed by atoms with Crippen molar-refractivity contribution in [1.29, 1.82) is 10.8 Å². The van der Waals surface area contributed by atoms with Gasteiger partial charge < -0.3 is 27.4 Å². The third-order valence-corrected chi connectivity index (χ3v) is 5.63. The Morgan fingerprint density at radius 1 is 1.13 bits per heavy atom. The number of nitrogen functional groups attached to an aromatic ring is 1. The fourth-order valence-corrected chi connectivity index (χ4v) is 3.92. The van der Waals surface area contributed by atoms with E-state index >= 15 is 0 Å². The first-order valence-corrected chi connectivity index (χ1v) is 10.3. The predicted molar refractivity (Wildman–Crippen MR) is 120 cm³/mol. The smallest absolute Gasteiger partial charge is 0.241 e. The van der Waals surface area contributed by atoms with Crippen molar-refractivity contribution in [2.45, 2.75) is 31.2 Å². The summed E-state index contributed by atoms with van der Waals surface area (Å²) < 4.78 is 0. The molecule has 9 heteroatoms. The van der Waals surface area contributed by atoms with Crippen molar-refractivity contribution in [3.63, 3.8) is 0 Å². The van der Waals surface area contributed by atoms with Gasteiger partial charge in [-0.15, -0.1) is 0 Å². The molecule has 1 saturated heterocycles. The monoisotopic (exact) mass is 423 g/mol. The maximum atomic E-state index is 13.0. The molecule has 1 heterocycles. The van der Waals surface area contributed by atoms with Gasteiger partial charge in [-0.25, -0.2) is 0 Å². The van der Waals surface area contributed by atoms with E-state index < -0.39 is 5.54 Å². The van der Waals surface area contributed by atoms with Gasteiger partial charge in [0.05, 0.1) is 6.54 Å². The molecule has 2 aliphatic rings. The number of nitrogens with two attached hydrogens (primary N) is 2. The van der Waals surface area contributed by atoms with Crippen LogP contribution in [0.4, 0.5) is 0 Å². The van der Waals surface area contributed by atoms with Crippen molar-refractivity contribution in [1.82, 2.24) is 16.0 Å². The number of carbonyl (C=O) groups is 2. The molecule has 1 atom stereocenters. The lowest BCUT2D eigenvalue weighted by Crippen LogP contribution is -2.56. The zero-order valence-electron chi connectivity index (χ0n) is 17.4. The van der Waals surface area contributed by atoms with Crippen LogP contribution in [0.1, 0.15) is 30.4 Å². The molecule has 1 aromatic rings. The Morgan fingerprint density at radius 2 is 1.94 bits per heavy atom. The van der Waals surface area contributed by atoms with Crippen molar-refractivity contribution < 1.29 is 9.59 Å². The highest BCUT2D eigenvalue weighted by Crippen LogP contribution is 2.25. The second-order valence-electron chi connectivity index (χ2n) is 7.97. The first kappa shape index (κ1) is 22.2. The maximum Gasteiger partial charge on any atom is 0.241 e. The first-order valence-electron chi connectivity index (χ1n) is 10.3. The van der Waals surface area contributed by atoms with E-state index in [1.165, 1.54) is 0 Å². The molecule has 0 bridgehead atoms. The summed E-state index contributed by atoms with van der Waals surface area (Å²) in [6, 6.07) is 7.32. The fourth-order valence-electron chi connectivity index (χ4n) is 3.92. The van der Waals surface area contributed by atoms with Gasteiger partial charge in [0.15, 0.2) is 0 Å². The zero-order chi connectivity index (χ0) is 22.4. The molecule has 31 heavy (non-hydrogen) atoms. The maximum absolute atomic E-state index is 13.0. The fraction of sp³-hybridized carbons (Fsp3) is 0.364. The van der Waals surface area contributed by atoms with Gasteiger partial charge in [-0.05, 0) is 55.0 Å². The molecule has 0 aromatic heterocycles. The van der Waals surface area contributed by atoms with Crippen LogP contribution in [-0.4, -0.2) is 48.7 Å². The lowest BCUT2D eigenvalue weighted by Gasteiger charge is -2.28. The van der Waals surface area contributed by atoms with E-state index in [2.05, 4.69) is 16.0 Å². The molecule has 1 fully saturated rings. The van der Waals surface area contributed by atoms with Crippen molar-refractivity contribution >= 4 is 23.5 Å². The summed E-state index contributed by atoms with van der Waals surface area (Å²) in [5, 5.41) is 23.9. The first-order chi connectivity index (χ1) is 14.8. The number of amides is 2. The Morgan fingerprint density at radius 3 is 2.58 bits per heavy atom. The highest BCUT2D eigenvalue weighted by Gasteiger charge is 2.41. The molecule has 9 N–H and O–H groups in total. The minimum atomic E-state index is -0.788. The van der Waals surface area contributed by atoms with Gasteiger partial charge in [-0.1, -0.05) is 30.4 Å². The van der Waals surface area contributed by atoms with Crippen LogP contribution < -0.4 is 27.4 Å². The molecule has 2 amide bonds. The topological polar surface area (TPSA) is 170 Å². The molecule has 1 aliphatic heterocycles. The Bertz CT molecular complexity index is 958. The molecule has 164 valence electrons. The number of allylic oxidation sites excluding steroid dienone is 2. The molecule has 9 nitrogen and oxygen atoms in total. The summed E-state index contributed by atoms with van der Waals surface area (Å²) in [5.41, 5.74) is 13.5. The second-order valence-corrected chi connectivity index (χ2v) is 7.97. The van der Waals surface area contributed by atoms with Gasteiger partial charge in [0.25, 0.3) is 0 Å². The number of nitrogens with one attached hydrogen (secondary N) is 5. The lowest BCUT2D eigenvalue weighted by atomic mass is 9.87. The number of hydrogen-bond donors (Lipinski definition) is 7. The second kappa shape index (κ2) is 9.57. The van der Waals surface area contributed by atoms with Crippen LogP contribution >= 0.6 is 0 Å². The van der Waals surface area contributed by atoms with Crippen molar-refractivity contribution in [3.8, 4) is 0 Å². The summed E-state index contributed by atoms with van der Waals surface area (Å²) in [5.74, 6) is -0.473. The van der Waals surface area contributed by atoms with Crippen LogP contribution in [0.2, 0.25) is 0 Å². The highest BCUT2D eigenvalue weighted by atomic mass is 16.2. The largest absolute Gasteiger partial charge is 0.384 e. The van der Waals surface area contributed by atoms with E-state index in [0.717, 1.165) is 29.7 Å². The Balaban J connectivity index is 1.52. The number of amidine groups is 2. The number of rotatable bonds is 9. The zero-order valence-corrected chi connectivity index (χ0v) is 17.4. The van der Waals surface area contributed by atoms with E-state index in [-0.39, 0.29) is 30.0 Å². The van der Waals surface area contributed by atoms with Gasteiger partial charge in [-0.2, -0.15) is 0 Å². The summed E-state index contributed by atoms with van der Waals surface area (Å²) in [7, 11) is 0. The minimum Gasteiger partial charge on any atom is -0.384 e. The van der Waals surface area contributed by atoms with E-state index in [4.69, 9.17) is 22.3 Å². The summed E-state index contributed by atoms with van der Waals surface area (Å²) in [6.45, 7) is 0.963. The predicted octanol–water partition coefficient (Wildman–Crippen LogP) is 0.0602. The van der Waals surface area contributed by atoms with Gasteiger partial charge >= 0.3 is 0 Å². The quantitative estimate of drug-likeness (QED) is 0.220. The van der Waals surface area contributed by atoms with Crippen LogP contribution in [0.25, 0.3) is 0 Å². The van der Waals surface area contributed by atoms with Crippen LogP contribution in [0.5, 0.6) is 0 Å². The molecular formula is C22H29N7O2. The van der Waals surface area contributed by atoms with E-state index in [1.54, 1.807) is 12.1 Å². The van der Waals surface area contributed by atoms with Gasteiger partial charge in [0.1, 0.15) is 17.2 Å². The average Bonchev–Trinajstić information content (AvgIpc) is 3.41. The molecule has 1 aromatic carbocycles. The molecule has 3 rings (SSSR count). The SMILES string of the molecule is N=C(N)C1=CC=C(CNC(=O)CNC(=O)[C@]2(Cc3cccc(C(=N)N)c3)CCCN2)C1. The Labute approximate surface area is 181 Å². The van der Waals surface area contributed by atoms with Crippen LogP contribution in [-0.2, 0) is 16.0 Å². The van der Waals surface area contributed by atoms with Crippen molar-refractivity contribution in [3.05, 3.63) is 58.7 Å². The summed E-state index contributed by atoms with van der Waals surface area (Å²) >= 11 is 0. The van der Waals surface area contributed by atoms with Crippen molar-refractivity contribution in [2.75, 3.05) is 19.6 Å². The van der Waals surface area contributed by atoms with Gasteiger partial charge in [0, 0.05) is 12.1 Å². The molecule has 0 radical (unpaired) electrons. The van der Waals surface area contributed by atoms with Crippen LogP contribution in [0.15, 0.2) is 47.6 Å². The Kier molecular flexibility index (Phi) is 6.86. The normalized spacial score (nSPS) is 20.0. The molecule has 0 saturated carbocycles. The number of benzene rings is 1. The molecule has 1 aliphatic carbocycles. The van der Waals surface area contributed by atoms with Crippen molar-refractivity contribution in [2.24, 2.45) is 11.5 Å². The molecular weight excluding hydrogens is 394 g/mol. The van der Waals surface area contributed by atoms with E-state index in [1.807, 2.05) is 24.3 Å². The highest BCUT2D eigenvalue weighted by molar-refractivity contribution is 5.96. The Hall–Kier alpha value is -3.46. The van der Waals surface area contributed by atoms with Gasteiger partial charge in [0.2, 0.25) is 11.8 Å². The molecule has 0 spiro atoms. The average molecular weight is 424 g/mol. The van der Waals surface area contributed by atoms with Crippen LogP contribution in [0, 0.1) is 10.8 Å². The van der Waals surface area contributed by atoms with E-state index in [9.17, 15) is 9.59 Å². The minimum absolute atomic E-state index is 0.0144. The van der Waals surface area contributed by atoms with Gasteiger partial charge in [-0.3, -0.25) is 20.4 Å². The molecule has 0 unspecified atom stereocenters. The third kappa shape index (κ3) is 5.58. The van der Waals surface area contributed by atoms with Crippen LogP contribution in [0.3, 0.4) is 0 Å². The lowest BCUT2D eigenvalue weighted by molar-refractivity contribution is -0.130.